The molecule has 1 atom stereocenters. The van der Waals surface area contributed by atoms with Gasteiger partial charge in [0.05, 0.1) is 6.10 Å². The molecule has 0 saturated carbocycles. The van der Waals surface area contributed by atoms with E-state index in [2.05, 4.69) is 18.7 Å². The molecule has 2 N–H and O–H groups in total. The lowest BCUT2D eigenvalue weighted by atomic mass is 10.1. The Hall–Kier alpha value is 0.170. The molecule has 4 heteroatoms. The van der Waals surface area contributed by atoms with Gasteiger partial charge in [0, 0.05) is 32.3 Å². The predicted octanol–water partition coefficient (Wildman–Crippen LogP) is 0.866. The number of likely N-dealkylation sites (tertiary alicyclic amines) is 1. The SMILES string of the molecule is CO[C@H]1CCN(CC(C)(C)N)C1.Cl. The van der Waals surface area contributed by atoms with Gasteiger partial charge in [0.15, 0.2) is 0 Å². The van der Waals surface area contributed by atoms with Crippen LogP contribution in [0.5, 0.6) is 0 Å². The van der Waals surface area contributed by atoms with Crippen molar-refractivity contribution in [2.75, 3.05) is 26.7 Å². The summed E-state index contributed by atoms with van der Waals surface area (Å²) in [6.07, 6.45) is 1.57. The van der Waals surface area contributed by atoms with Gasteiger partial charge < -0.3 is 10.5 Å². The first-order chi connectivity index (χ1) is 5.51. The predicted molar refractivity (Wildman–Crippen MR) is 57.4 cm³/mol. The molecule has 1 aliphatic heterocycles. The summed E-state index contributed by atoms with van der Waals surface area (Å²) in [6, 6.07) is 0. The lowest BCUT2D eigenvalue weighted by Crippen LogP contribution is -2.44. The van der Waals surface area contributed by atoms with E-state index in [4.69, 9.17) is 10.5 Å². The van der Waals surface area contributed by atoms with Crippen LogP contribution in [0.25, 0.3) is 0 Å². The van der Waals surface area contributed by atoms with Crippen LogP contribution in [0.15, 0.2) is 0 Å². The van der Waals surface area contributed by atoms with Crippen LogP contribution in [0.1, 0.15) is 20.3 Å². The minimum Gasteiger partial charge on any atom is -0.380 e. The fourth-order valence-electron chi connectivity index (χ4n) is 1.71. The third-order valence-electron chi connectivity index (χ3n) is 2.19. The molecular formula is C9H21ClN2O. The fourth-order valence-corrected chi connectivity index (χ4v) is 1.71. The van der Waals surface area contributed by atoms with Crippen LogP contribution >= 0.6 is 12.4 Å². The largest absolute Gasteiger partial charge is 0.380 e. The first-order valence-corrected chi connectivity index (χ1v) is 4.55. The molecule has 0 aromatic heterocycles. The third-order valence-corrected chi connectivity index (χ3v) is 2.19. The molecule has 1 saturated heterocycles. The molecule has 0 aliphatic carbocycles. The second kappa shape index (κ2) is 5.15. The molecule has 1 aliphatic rings. The smallest absolute Gasteiger partial charge is 0.0710 e. The Kier molecular flexibility index (Phi) is 5.22. The zero-order valence-electron chi connectivity index (χ0n) is 8.75. The summed E-state index contributed by atoms with van der Waals surface area (Å²) in [4.78, 5) is 2.37. The highest BCUT2D eigenvalue weighted by atomic mass is 35.5. The molecule has 0 amide bonds. The van der Waals surface area contributed by atoms with Crippen LogP contribution in [0, 0.1) is 0 Å². The summed E-state index contributed by atoms with van der Waals surface area (Å²) in [5, 5.41) is 0. The molecule has 1 rings (SSSR count). The molecule has 0 unspecified atom stereocenters. The molecule has 0 radical (unpaired) electrons. The number of ether oxygens (including phenoxy) is 1. The van der Waals surface area contributed by atoms with Gasteiger partial charge in [-0.3, -0.25) is 4.90 Å². The normalized spacial score (nSPS) is 24.5. The van der Waals surface area contributed by atoms with E-state index in [0.717, 1.165) is 26.1 Å². The van der Waals surface area contributed by atoms with Gasteiger partial charge in [0.2, 0.25) is 0 Å². The lowest BCUT2D eigenvalue weighted by molar-refractivity contribution is 0.105. The Morgan fingerprint density at radius 3 is 2.54 bits per heavy atom. The number of nitrogens with two attached hydrogens (primary N) is 1. The fraction of sp³-hybridized carbons (Fsp3) is 1.00. The average Bonchev–Trinajstić information content (AvgIpc) is 2.32. The van der Waals surface area contributed by atoms with Crippen LogP contribution in [0.3, 0.4) is 0 Å². The van der Waals surface area contributed by atoms with Gasteiger partial charge in [0.1, 0.15) is 0 Å². The van der Waals surface area contributed by atoms with Crippen molar-refractivity contribution in [3.63, 3.8) is 0 Å². The van der Waals surface area contributed by atoms with E-state index in [1.165, 1.54) is 0 Å². The third kappa shape index (κ3) is 4.81. The van der Waals surface area contributed by atoms with Crippen molar-refractivity contribution in [2.24, 2.45) is 5.73 Å². The van der Waals surface area contributed by atoms with Crippen molar-refractivity contribution in [3.05, 3.63) is 0 Å². The first-order valence-electron chi connectivity index (χ1n) is 4.55. The van der Waals surface area contributed by atoms with Gasteiger partial charge in [-0.15, -0.1) is 12.4 Å². The van der Waals surface area contributed by atoms with E-state index < -0.39 is 0 Å². The monoisotopic (exact) mass is 208 g/mol. The van der Waals surface area contributed by atoms with Crippen molar-refractivity contribution < 1.29 is 4.74 Å². The Labute approximate surface area is 87.0 Å². The number of methoxy groups -OCH3 is 1. The highest BCUT2D eigenvalue weighted by molar-refractivity contribution is 5.85. The standard InChI is InChI=1S/C9H20N2O.ClH/c1-9(2,10)7-11-5-4-8(6-11)12-3;/h8H,4-7,10H2,1-3H3;1H/t8-;/m0./s1. The van der Waals surface area contributed by atoms with E-state index in [0.29, 0.717) is 6.10 Å². The minimum atomic E-state index is -0.0807. The lowest BCUT2D eigenvalue weighted by Gasteiger charge is -2.25. The number of nitrogens with zero attached hydrogens (tertiary/aromatic N) is 1. The number of hydrogen-bond donors (Lipinski definition) is 1. The average molecular weight is 209 g/mol. The van der Waals surface area contributed by atoms with E-state index >= 15 is 0 Å². The Morgan fingerprint density at radius 1 is 1.54 bits per heavy atom. The summed E-state index contributed by atoms with van der Waals surface area (Å²) >= 11 is 0. The van der Waals surface area contributed by atoms with Crippen LogP contribution in [0.2, 0.25) is 0 Å². The van der Waals surface area contributed by atoms with E-state index in [-0.39, 0.29) is 17.9 Å². The highest BCUT2D eigenvalue weighted by Crippen LogP contribution is 2.13. The van der Waals surface area contributed by atoms with Crippen LogP contribution in [-0.4, -0.2) is 43.3 Å². The second-order valence-corrected chi connectivity index (χ2v) is 4.37. The van der Waals surface area contributed by atoms with Gasteiger partial charge in [-0.2, -0.15) is 0 Å². The van der Waals surface area contributed by atoms with Gasteiger partial charge >= 0.3 is 0 Å². The Bertz CT molecular complexity index is 147. The van der Waals surface area contributed by atoms with Gasteiger partial charge in [0.25, 0.3) is 0 Å². The Morgan fingerprint density at radius 2 is 2.15 bits per heavy atom. The molecule has 3 nitrogen and oxygen atoms in total. The van der Waals surface area contributed by atoms with Crippen molar-refractivity contribution in [1.82, 2.24) is 4.90 Å². The Balaban J connectivity index is 0.00000144. The summed E-state index contributed by atoms with van der Waals surface area (Å²) in [5.74, 6) is 0. The number of hydrogen-bond acceptors (Lipinski definition) is 3. The summed E-state index contributed by atoms with van der Waals surface area (Å²) in [7, 11) is 1.78. The molecule has 0 aromatic carbocycles. The van der Waals surface area contributed by atoms with Crippen LogP contribution < -0.4 is 5.73 Å². The van der Waals surface area contributed by atoms with Crippen LogP contribution in [0.4, 0.5) is 0 Å². The molecular weight excluding hydrogens is 188 g/mol. The van der Waals surface area contributed by atoms with Crippen molar-refractivity contribution in [3.8, 4) is 0 Å². The van der Waals surface area contributed by atoms with Crippen LogP contribution in [-0.2, 0) is 4.74 Å². The molecule has 0 aromatic rings. The second-order valence-electron chi connectivity index (χ2n) is 4.37. The first kappa shape index (κ1) is 13.2. The van der Waals surface area contributed by atoms with E-state index in [9.17, 15) is 0 Å². The van der Waals surface area contributed by atoms with E-state index in [1.807, 2.05) is 0 Å². The highest BCUT2D eigenvalue weighted by Gasteiger charge is 2.25. The maximum atomic E-state index is 5.92. The quantitative estimate of drug-likeness (QED) is 0.748. The van der Waals surface area contributed by atoms with E-state index in [1.54, 1.807) is 7.11 Å². The van der Waals surface area contributed by atoms with Gasteiger partial charge in [-0.25, -0.2) is 0 Å². The molecule has 0 spiro atoms. The van der Waals surface area contributed by atoms with Crippen molar-refractivity contribution >= 4 is 12.4 Å². The summed E-state index contributed by atoms with van der Waals surface area (Å²) in [5.41, 5.74) is 5.84. The molecule has 0 bridgehead atoms. The topological polar surface area (TPSA) is 38.5 Å². The maximum Gasteiger partial charge on any atom is 0.0710 e. The van der Waals surface area contributed by atoms with Gasteiger partial charge in [-0.05, 0) is 20.3 Å². The minimum absolute atomic E-state index is 0. The molecule has 1 fully saturated rings. The molecule has 13 heavy (non-hydrogen) atoms. The summed E-state index contributed by atoms with van der Waals surface area (Å²) < 4.78 is 5.27. The molecule has 1 heterocycles. The number of halogens is 1. The van der Waals surface area contributed by atoms with Crippen molar-refractivity contribution in [2.45, 2.75) is 31.9 Å². The zero-order chi connectivity index (χ0) is 9.19. The maximum absolute atomic E-state index is 5.92. The van der Waals surface area contributed by atoms with Crippen molar-refractivity contribution in [1.29, 1.82) is 0 Å². The van der Waals surface area contributed by atoms with Gasteiger partial charge in [-0.1, -0.05) is 0 Å². The zero-order valence-corrected chi connectivity index (χ0v) is 9.56. The molecule has 80 valence electrons. The summed E-state index contributed by atoms with van der Waals surface area (Å²) in [6.45, 7) is 7.25. The number of rotatable bonds is 3.